The first kappa shape index (κ1) is 9.14. The second-order valence-electron chi connectivity index (χ2n) is 2.20. The average molecular weight is 145 g/mol. The molecule has 0 saturated heterocycles. The van der Waals surface area contributed by atoms with Crippen LogP contribution < -0.4 is 0 Å². The third-order valence-electron chi connectivity index (χ3n) is 1.13. The van der Waals surface area contributed by atoms with Crippen LogP contribution in [0.15, 0.2) is 12.2 Å². The molecule has 2 nitrogen and oxygen atoms in total. The number of halogens is 1. The Balaban J connectivity index is 3.82. The number of hydrogen-bond acceptors (Lipinski definition) is 1. The molecule has 3 heteroatoms. The topological polar surface area (TPSA) is 20.3 Å². The fourth-order valence-corrected chi connectivity index (χ4v) is 0.554. The number of hydrogen-bond donors (Lipinski definition) is 0. The van der Waals surface area contributed by atoms with Gasteiger partial charge in [-0.15, -0.1) is 0 Å². The van der Waals surface area contributed by atoms with E-state index in [0.29, 0.717) is 5.57 Å². The quantitative estimate of drug-likeness (QED) is 0.542. The Morgan fingerprint density at radius 1 is 1.70 bits per heavy atom. The molecule has 0 aromatic heterocycles. The van der Waals surface area contributed by atoms with Gasteiger partial charge in [0.25, 0.3) is 0 Å². The summed E-state index contributed by atoms with van der Waals surface area (Å²) < 4.78 is 11.6. The summed E-state index contributed by atoms with van der Waals surface area (Å²) in [6, 6.07) is 0. The van der Waals surface area contributed by atoms with Crippen LogP contribution in [0.1, 0.15) is 6.92 Å². The maximum absolute atomic E-state index is 11.6. The van der Waals surface area contributed by atoms with Crippen LogP contribution in [-0.4, -0.2) is 31.1 Å². The zero-order chi connectivity index (χ0) is 8.15. The van der Waals surface area contributed by atoms with Gasteiger partial charge >= 0.3 is 0 Å². The van der Waals surface area contributed by atoms with Crippen molar-refractivity contribution in [2.24, 2.45) is 0 Å². The molecule has 0 spiro atoms. The van der Waals surface area contributed by atoms with Crippen molar-refractivity contribution >= 4 is 5.91 Å². The lowest BCUT2D eigenvalue weighted by molar-refractivity contribution is -0.125. The minimum Gasteiger partial charge on any atom is -0.339 e. The predicted octanol–water partition coefficient (Wildman–Crippen LogP) is 0.990. The Morgan fingerprint density at radius 3 is 2.50 bits per heavy atom. The van der Waals surface area contributed by atoms with Crippen molar-refractivity contribution in [1.82, 2.24) is 4.90 Å². The lowest BCUT2D eigenvalue weighted by Gasteiger charge is -2.14. The molecule has 0 unspecified atom stereocenters. The summed E-state index contributed by atoms with van der Waals surface area (Å²) in [6.45, 7) is 4.69. The predicted molar refractivity (Wildman–Crippen MR) is 38.4 cm³/mol. The largest absolute Gasteiger partial charge is 0.339 e. The standard InChI is InChI=1S/C7H12FNO/c1-6(2)7(10)9(3)5-4-8/h1,4-5H2,2-3H3. The SMILES string of the molecule is C=C(C)C(=O)N(C)CCF. The number of carbonyl (C=O) groups excluding carboxylic acids is 1. The van der Waals surface area contributed by atoms with Crippen LogP contribution in [0.2, 0.25) is 0 Å². The Kier molecular flexibility index (Phi) is 3.69. The third-order valence-corrected chi connectivity index (χ3v) is 1.13. The van der Waals surface area contributed by atoms with E-state index >= 15 is 0 Å². The summed E-state index contributed by atoms with van der Waals surface area (Å²) in [4.78, 5) is 12.2. The van der Waals surface area contributed by atoms with Crippen molar-refractivity contribution in [3.8, 4) is 0 Å². The zero-order valence-electron chi connectivity index (χ0n) is 6.35. The summed E-state index contributed by atoms with van der Waals surface area (Å²) in [6.07, 6.45) is 0. The molecule has 0 saturated carbocycles. The second-order valence-corrected chi connectivity index (χ2v) is 2.20. The van der Waals surface area contributed by atoms with Crippen LogP contribution >= 0.6 is 0 Å². The summed E-state index contributed by atoms with van der Waals surface area (Å²) >= 11 is 0. The molecule has 0 aliphatic rings. The fourth-order valence-electron chi connectivity index (χ4n) is 0.554. The molecule has 0 aromatic rings. The smallest absolute Gasteiger partial charge is 0.248 e. The van der Waals surface area contributed by atoms with Gasteiger partial charge in [-0.05, 0) is 6.92 Å². The first-order chi connectivity index (χ1) is 4.59. The minimum absolute atomic E-state index is 0.145. The van der Waals surface area contributed by atoms with Crippen molar-refractivity contribution in [1.29, 1.82) is 0 Å². The van der Waals surface area contributed by atoms with E-state index in [1.807, 2.05) is 0 Å². The van der Waals surface area contributed by atoms with Crippen LogP contribution in [0, 0.1) is 0 Å². The summed E-state index contributed by atoms with van der Waals surface area (Å²) in [7, 11) is 1.55. The van der Waals surface area contributed by atoms with E-state index in [-0.39, 0.29) is 12.5 Å². The highest BCUT2D eigenvalue weighted by atomic mass is 19.1. The Labute approximate surface area is 60.3 Å². The molecule has 0 aromatic carbocycles. The molecule has 0 N–H and O–H groups in total. The highest BCUT2D eigenvalue weighted by molar-refractivity contribution is 5.91. The first-order valence-electron chi connectivity index (χ1n) is 3.06. The molecule has 0 aliphatic heterocycles. The van der Waals surface area contributed by atoms with Gasteiger partial charge in [-0.2, -0.15) is 0 Å². The van der Waals surface area contributed by atoms with Crippen molar-refractivity contribution < 1.29 is 9.18 Å². The molecule has 58 valence electrons. The van der Waals surface area contributed by atoms with E-state index < -0.39 is 6.67 Å². The van der Waals surface area contributed by atoms with Gasteiger partial charge in [0.2, 0.25) is 5.91 Å². The Bertz CT molecular complexity index is 145. The summed E-state index contributed by atoms with van der Waals surface area (Å²) in [5, 5.41) is 0. The maximum atomic E-state index is 11.6. The number of alkyl halides is 1. The molecule has 0 rings (SSSR count). The van der Waals surface area contributed by atoms with Crippen LogP contribution in [-0.2, 0) is 4.79 Å². The van der Waals surface area contributed by atoms with Crippen molar-refractivity contribution in [3.05, 3.63) is 12.2 Å². The van der Waals surface area contributed by atoms with Crippen LogP contribution in [0.4, 0.5) is 4.39 Å². The molecule has 0 atom stereocenters. The molecule has 0 aliphatic carbocycles. The first-order valence-corrected chi connectivity index (χ1v) is 3.06. The molecule has 0 bridgehead atoms. The molecule has 0 heterocycles. The molecular weight excluding hydrogens is 133 g/mol. The molecular formula is C7H12FNO. The van der Waals surface area contributed by atoms with E-state index in [2.05, 4.69) is 6.58 Å². The second kappa shape index (κ2) is 4.04. The Hall–Kier alpha value is -0.860. The van der Waals surface area contributed by atoms with E-state index in [0.717, 1.165) is 0 Å². The van der Waals surface area contributed by atoms with E-state index in [1.165, 1.54) is 4.90 Å². The number of nitrogens with zero attached hydrogens (tertiary/aromatic N) is 1. The van der Waals surface area contributed by atoms with Crippen LogP contribution in [0.5, 0.6) is 0 Å². The lowest BCUT2D eigenvalue weighted by atomic mass is 10.3. The van der Waals surface area contributed by atoms with Gasteiger partial charge in [0.05, 0.1) is 0 Å². The number of likely N-dealkylation sites (N-methyl/N-ethyl adjacent to an activating group) is 1. The van der Waals surface area contributed by atoms with Crippen LogP contribution in [0.3, 0.4) is 0 Å². The number of rotatable bonds is 3. The number of carbonyl (C=O) groups is 1. The van der Waals surface area contributed by atoms with Gasteiger partial charge in [0.15, 0.2) is 0 Å². The van der Waals surface area contributed by atoms with Crippen molar-refractivity contribution in [2.75, 3.05) is 20.3 Å². The molecule has 0 radical (unpaired) electrons. The molecule has 10 heavy (non-hydrogen) atoms. The van der Waals surface area contributed by atoms with Gasteiger partial charge in [-0.25, -0.2) is 4.39 Å². The zero-order valence-corrected chi connectivity index (χ0v) is 6.35. The highest BCUT2D eigenvalue weighted by Gasteiger charge is 2.06. The Morgan fingerprint density at radius 2 is 2.20 bits per heavy atom. The summed E-state index contributed by atoms with van der Waals surface area (Å²) in [5.74, 6) is -0.197. The monoisotopic (exact) mass is 145 g/mol. The highest BCUT2D eigenvalue weighted by Crippen LogP contribution is 1.94. The van der Waals surface area contributed by atoms with Crippen molar-refractivity contribution in [3.63, 3.8) is 0 Å². The third kappa shape index (κ3) is 2.62. The maximum Gasteiger partial charge on any atom is 0.248 e. The van der Waals surface area contributed by atoms with E-state index in [4.69, 9.17) is 0 Å². The van der Waals surface area contributed by atoms with Gasteiger partial charge in [0, 0.05) is 19.2 Å². The molecule has 0 fully saturated rings. The molecule has 1 amide bonds. The minimum atomic E-state index is -0.504. The van der Waals surface area contributed by atoms with Gasteiger partial charge in [0.1, 0.15) is 6.67 Å². The number of amides is 1. The van der Waals surface area contributed by atoms with Gasteiger partial charge in [-0.1, -0.05) is 6.58 Å². The summed E-state index contributed by atoms with van der Waals surface area (Å²) in [5.41, 5.74) is 0.441. The lowest BCUT2D eigenvalue weighted by Crippen LogP contribution is -2.28. The normalized spacial score (nSPS) is 9.10. The van der Waals surface area contributed by atoms with Crippen LogP contribution in [0.25, 0.3) is 0 Å². The average Bonchev–Trinajstić information content (AvgIpc) is 1.87. The fraction of sp³-hybridized carbons (Fsp3) is 0.571. The van der Waals surface area contributed by atoms with E-state index in [1.54, 1.807) is 14.0 Å². The van der Waals surface area contributed by atoms with Crippen molar-refractivity contribution in [2.45, 2.75) is 6.92 Å². The van der Waals surface area contributed by atoms with E-state index in [9.17, 15) is 9.18 Å². The van der Waals surface area contributed by atoms with Gasteiger partial charge in [-0.3, -0.25) is 4.79 Å². The van der Waals surface area contributed by atoms with Gasteiger partial charge < -0.3 is 4.90 Å².